The number of hydrogen-bond acceptors (Lipinski definition) is 2. The maximum absolute atomic E-state index is 10.3. The van der Waals surface area contributed by atoms with Crippen LogP contribution < -0.4 is 5.32 Å². The fourth-order valence-electron chi connectivity index (χ4n) is 0.362. The number of nitrogens with zero attached hydrogens (tertiary/aromatic N) is 1. The summed E-state index contributed by atoms with van der Waals surface area (Å²) in [6, 6.07) is 0. The molecule has 0 heterocycles. The summed E-state index contributed by atoms with van der Waals surface area (Å²) in [5.74, 6) is -1.69. The highest BCUT2D eigenvalue weighted by atomic mass is 16.4. The molecule has 0 atom stereocenters. The van der Waals surface area contributed by atoms with Gasteiger partial charge < -0.3 is 5.11 Å². The fourth-order valence-corrected chi connectivity index (χ4v) is 0.362. The normalized spacial score (nSPS) is 8.56. The van der Waals surface area contributed by atoms with Gasteiger partial charge in [-0.15, -0.1) is 0 Å². The topological polar surface area (TPSA) is 68.5 Å². The second-order valence-electron chi connectivity index (χ2n) is 1.44. The van der Waals surface area contributed by atoms with Crippen LogP contribution in [0.25, 0.3) is 0 Å². The van der Waals surface area contributed by atoms with Crippen LogP contribution in [-0.4, -0.2) is 23.5 Å². The molecule has 0 rings (SSSR count). The number of aliphatic carboxylic acids is 1. The minimum Gasteiger partial charge on any atom is -0.481 e. The second-order valence-corrected chi connectivity index (χ2v) is 1.44. The van der Waals surface area contributed by atoms with Crippen molar-refractivity contribution in [2.45, 2.75) is 13.3 Å². The summed E-state index contributed by atoms with van der Waals surface area (Å²) in [4.78, 5) is 20.1. The summed E-state index contributed by atoms with van der Waals surface area (Å²) in [7, 11) is 0. The highest BCUT2D eigenvalue weighted by Crippen LogP contribution is 1.78. The molecule has 4 heteroatoms. The van der Waals surface area contributed by atoms with Crippen molar-refractivity contribution in [3.8, 4) is 0 Å². The van der Waals surface area contributed by atoms with Gasteiger partial charge in [-0.1, -0.05) is 0 Å². The predicted octanol–water partition coefficient (Wildman–Crippen LogP) is -0.388. The molecule has 0 aromatic rings. The summed E-state index contributed by atoms with van der Waals surface area (Å²) >= 11 is 0. The Bertz CT molecular complexity index is 121. The summed E-state index contributed by atoms with van der Waals surface area (Å²) in [5, 5.41) is 11.4. The van der Waals surface area contributed by atoms with E-state index in [1.165, 1.54) is 0 Å². The monoisotopic (exact) mass is 130 g/mol. The van der Waals surface area contributed by atoms with Crippen LogP contribution in [0.3, 0.4) is 0 Å². The van der Waals surface area contributed by atoms with Crippen LogP contribution in [0.15, 0.2) is 0 Å². The number of carbonyl (C=O) groups excluding carboxylic acids is 1. The molecule has 0 bridgehead atoms. The molecular weight excluding hydrogens is 122 g/mol. The first kappa shape index (κ1) is 7.94. The van der Waals surface area contributed by atoms with E-state index in [0.717, 1.165) is 0 Å². The SMILES string of the molecule is CC[N]C(=O)CC(=O)O. The number of hydrogen-bond donors (Lipinski definition) is 1. The minimum atomic E-state index is -1.13. The first-order valence-electron chi connectivity index (χ1n) is 2.59. The molecule has 1 amide bonds. The van der Waals surface area contributed by atoms with E-state index in [4.69, 9.17) is 5.11 Å². The lowest BCUT2D eigenvalue weighted by Gasteiger charge is -1.91. The zero-order valence-electron chi connectivity index (χ0n) is 5.13. The molecule has 0 saturated heterocycles. The maximum atomic E-state index is 10.3. The van der Waals surface area contributed by atoms with Gasteiger partial charge in [0.25, 0.3) is 5.91 Å². The molecule has 0 aromatic carbocycles. The van der Waals surface area contributed by atoms with Crippen molar-refractivity contribution < 1.29 is 14.7 Å². The van der Waals surface area contributed by atoms with Crippen molar-refractivity contribution in [2.75, 3.05) is 6.54 Å². The summed E-state index contributed by atoms with van der Waals surface area (Å²) in [6.45, 7) is 2.03. The Morgan fingerprint density at radius 3 is 2.44 bits per heavy atom. The van der Waals surface area contributed by atoms with Gasteiger partial charge >= 0.3 is 5.97 Å². The summed E-state index contributed by atoms with van der Waals surface area (Å²) in [6.07, 6.45) is -0.492. The van der Waals surface area contributed by atoms with E-state index in [-0.39, 0.29) is 0 Å². The van der Waals surface area contributed by atoms with Gasteiger partial charge in [0.1, 0.15) is 6.42 Å². The highest BCUT2D eigenvalue weighted by molar-refractivity contribution is 5.93. The summed E-state index contributed by atoms with van der Waals surface area (Å²) < 4.78 is 0. The predicted molar refractivity (Wildman–Crippen MR) is 29.9 cm³/mol. The van der Waals surface area contributed by atoms with Crippen molar-refractivity contribution in [3.05, 3.63) is 0 Å². The molecule has 0 unspecified atom stereocenters. The Hall–Kier alpha value is -1.06. The van der Waals surface area contributed by atoms with Crippen LogP contribution in [0.2, 0.25) is 0 Å². The first-order chi connectivity index (χ1) is 4.16. The molecule has 1 N–H and O–H groups in total. The molecule has 51 valence electrons. The van der Waals surface area contributed by atoms with Gasteiger partial charge in [0.2, 0.25) is 0 Å². The van der Waals surface area contributed by atoms with Gasteiger partial charge in [-0.25, -0.2) is 0 Å². The average molecular weight is 130 g/mol. The van der Waals surface area contributed by atoms with E-state index >= 15 is 0 Å². The molecule has 0 fully saturated rings. The molecule has 4 nitrogen and oxygen atoms in total. The molecule has 0 spiro atoms. The quantitative estimate of drug-likeness (QED) is 0.529. The number of rotatable bonds is 3. The van der Waals surface area contributed by atoms with Crippen molar-refractivity contribution >= 4 is 11.9 Å². The van der Waals surface area contributed by atoms with Crippen molar-refractivity contribution in [2.24, 2.45) is 0 Å². The molecule has 0 saturated carbocycles. The lowest BCUT2D eigenvalue weighted by Crippen LogP contribution is -2.18. The van der Waals surface area contributed by atoms with E-state index in [2.05, 4.69) is 5.32 Å². The van der Waals surface area contributed by atoms with Crippen LogP contribution in [0.1, 0.15) is 13.3 Å². The average Bonchev–Trinajstić information content (AvgIpc) is 1.63. The van der Waals surface area contributed by atoms with Gasteiger partial charge in [0.15, 0.2) is 0 Å². The largest absolute Gasteiger partial charge is 0.481 e. The third-order valence-corrected chi connectivity index (χ3v) is 0.637. The zero-order valence-corrected chi connectivity index (χ0v) is 5.13. The van der Waals surface area contributed by atoms with E-state index in [1.54, 1.807) is 6.92 Å². The highest BCUT2D eigenvalue weighted by Gasteiger charge is 2.05. The van der Waals surface area contributed by atoms with Crippen LogP contribution in [0.4, 0.5) is 0 Å². The van der Waals surface area contributed by atoms with E-state index in [0.29, 0.717) is 6.54 Å². The molecular formula is C5H8NO3. The number of carboxylic acids is 1. The molecule has 1 radical (unpaired) electrons. The van der Waals surface area contributed by atoms with Gasteiger partial charge in [-0.05, 0) is 6.92 Å². The standard InChI is InChI=1S/C5H8NO3/c1-2-6-4(7)3-5(8)9/h2-3H2,1H3,(H,8,9). The third-order valence-electron chi connectivity index (χ3n) is 0.637. The minimum absolute atomic E-state index is 0.353. The molecule has 9 heavy (non-hydrogen) atoms. The van der Waals surface area contributed by atoms with Gasteiger partial charge in [0, 0.05) is 6.54 Å². The third kappa shape index (κ3) is 4.80. The number of carboxylic acid groups (broad SMARTS) is 1. The zero-order chi connectivity index (χ0) is 7.28. The first-order valence-corrected chi connectivity index (χ1v) is 2.59. The smallest absolute Gasteiger partial charge is 0.312 e. The second kappa shape index (κ2) is 3.88. The Morgan fingerprint density at radius 2 is 2.11 bits per heavy atom. The van der Waals surface area contributed by atoms with Crippen LogP contribution in [-0.2, 0) is 9.59 Å². The Labute approximate surface area is 52.9 Å². The van der Waals surface area contributed by atoms with Gasteiger partial charge in [-0.2, -0.15) is 0 Å². The van der Waals surface area contributed by atoms with Gasteiger partial charge in [-0.3, -0.25) is 14.9 Å². The lowest BCUT2D eigenvalue weighted by molar-refractivity contribution is -0.140. The van der Waals surface area contributed by atoms with E-state index in [1.807, 2.05) is 0 Å². The molecule has 0 aliphatic heterocycles. The van der Waals surface area contributed by atoms with Crippen molar-refractivity contribution in [1.29, 1.82) is 0 Å². The van der Waals surface area contributed by atoms with Crippen LogP contribution >= 0.6 is 0 Å². The van der Waals surface area contributed by atoms with Crippen molar-refractivity contribution in [1.82, 2.24) is 5.32 Å². The summed E-state index contributed by atoms with van der Waals surface area (Å²) in [5.41, 5.74) is 0. The van der Waals surface area contributed by atoms with Crippen LogP contribution in [0, 0.1) is 0 Å². The Balaban J connectivity index is 3.39. The van der Waals surface area contributed by atoms with E-state index in [9.17, 15) is 9.59 Å². The van der Waals surface area contributed by atoms with Crippen molar-refractivity contribution in [3.63, 3.8) is 0 Å². The maximum Gasteiger partial charge on any atom is 0.312 e. The van der Waals surface area contributed by atoms with Crippen LogP contribution in [0.5, 0.6) is 0 Å². The van der Waals surface area contributed by atoms with E-state index < -0.39 is 18.3 Å². The lowest BCUT2D eigenvalue weighted by atomic mass is 10.4. The van der Waals surface area contributed by atoms with Gasteiger partial charge in [0.05, 0.1) is 0 Å². The molecule has 0 aromatic heterocycles. The molecule has 0 aliphatic carbocycles. The number of carbonyl (C=O) groups is 2. The molecule has 0 aliphatic rings. The Kier molecular flexibility index (Phi) is 3.43. The fraction of sp³-hybridized carbons (Fsp3) is 0.600. The Morgan fingerprint density at radius 1 is 1.56 bits per heavy atom. The number of amides is 1.